The summed E-state index contributed by atoms with van der Waals surface area (Å²) in [5.41, 5.74) is 1.84. The first-order valence-electron chi connectivity index (χ1n) is 5.12. The van der Waals surface area contributed by atoms with E-state index in [1.54, 1.807) is 18.2 Å². The third-order valence-corrected chi connectivity index (χ3v) is 2.89. The van der Waals surface area contributed by atoms with E-state index in [4.69, 9.17) is 16.7 Å². The van der Waals surface area contributed by atoms with Crippen LogP contribution in [0.5, 0.6) is 0 Å². The Morgan fingerprint density at radius 1 is 1.41 bits per heavy atom. The summed E-state index contributed by atoms with van der Waals surface area (Å²) in [6.07, 6.45) is 0. The number of aromatic amines is 1. The molecule has 0 fully saturated rings. The predicted molar refractivity (Wildman–Crippen MR) is 64.5 cm³/mol. The van der Waals surface area contributed by atoms with Crippen molar-refractivity contribution in [2.75, 3.05) is 0 Å². The van der Waals surface area contributed by atoms with E-state index in [9.17, 15) is 4.79 Å². The summed E-state index contributed by atoms with van der Waals surface area (Å²) in [5.74, 6) is -0.983. The lowest BCUT2D eigenvalue weighted by atomic mass is 9.98. The van der Waals surface area contributed by atoms with Crippen LogP contribution in [0.2, 0.25) is 5.02 Å². The SMILES string of the molecule is CC(c1ccc(Cl)cc1)c1cc(C(=O)O)[nH]n1. The van der Waals surface area contributed by atoms with Crippen molar-refractivity contribution in [2.45, 2.75) is 12.8 Å². The summed E-state index contributed by atoms with van der Waals surface area (Å²) in [5, 5.41) is 16.0. The van der Waals surface area contributed by atoms with E-state index in [1.807, 2.05) is 19.1 Å². The number of hydrogen-bond donors (Lipinski definition) is 2. The molecular formula is C12H11ClN2O2. The second-order valence-corrected chi connectivity index (χ2v) is 4.22. The van der Waals surface area contributed by atoms with Crippen molar-refractivity contribution in [3.8, 4) is 0 Å². The number of halogens is 1. The number of carbonyl (C=O) groups is 1. The van der Waals surface area contributed by atoms with E-state index in [2.05, 4.69) is 10.2 Å². The minimum Gasteiger partial charge on any atom is -0.477 e. The molecule has 88 valence electrons. The van der Waals surface area contributed by atoms with Crippen molar-refractivity contribution >= 4 is 17.6 Å². The lowest BCUT2D eigenvalue weighted by molar-refractivity contribution is 0.0690. The van der Waals surface area contributed by atoms with Crippen LogP contribution in [0.15, 0.2) is 30.3 Å². The molecule has 2 aromatic rings. The van der Waals surface area contributed by atoms with Crippen LogP contribution in [-0.2, 0) is 0 Å². The Balaban J connectivity index is 2.27. The van der Waals surface area contributed by atoms with Gasteiger partial charge < -0.3 is 5.11 Å². The summed E-state index contributed by atoms with van der Waals surface area (Å²) in [4.78, 5) is 10.7. The van der Waals surface area contributed by atoms with Gasteiger partial charge >= 0.3 is 5.97 Å². The molecule has 0 aliphatic heterocycles. The van der Waals surface area contributed by atoms with Crippen LogP contribution in [-0.4, -0.2) is 21.3 Å². The van der Waals surface area contributed by atoms with Gasteiger partial charge in [0.05, 0.1) is 5.69 Å². The van der Waals surface area contributed by atoms with Crippen molar-refractivity contribution in [2.24, 2.45) is 0 Å². The number of hydrogen-bond acceptors (Lipinski definition) is 2. The van der Waals surface area contributed by atoms with Gasteiger partial charge in [0, 0.05) is 10.9 Å². The molecule has 0 spiro atoms. The summed E-state index contributed by atoms with van der Waals surface area (Å²) in [7, 11) is 0. The molecule has 1 unspecified atom stereocenters. The molecule has 0 saturated heterocycles. The maximum absolute atomic E-state index is 10.7. The zero-order chi connectivity index (χ0) is 12.4. The molecule has 0 radical (unpaired) electrons. The Kier molecular flexibility index (Phi) is 3.15. The van der Waals surface area contributed by atoms with Crippen molar-refractivity contribution in [3.63, 3.8) is 0 Å². The van der Waals surface area contributed by atoms with Crippen LogP contribution < -0.4 is 0 Å². The first-order chi connectivity index (χ1) is 8.08. The van der Waals surface area contributed by atoms with Gasteiger partial charge in [-0.15, -0.1) is 0 Å². The molecule has 5 heteroatoms. The molecule has 1 heterocycles. The largest absolute Gasteiger partial charge is 0.477 e. The number of aromatic carboxylic acids is 1. The molecular weight excluding hydrogens is 240 g/mol. The van der Waals surface area contributed by atoms with Crippen molar-refractivity contribution in [1.82, 2.24) is 10.2 Å². The van der Waals surface area contributed by atoms with Gasteiger partial charge in [0.1, 0.15) is 5.69 Å². The first-order valence-corrected chi connectivity index (χ1v) is 5.50. The second kappa shape index (κ2) is 4.59. The summed E-state index contributed by atoms with van der Waals surface area (Å²) < 4.78 is 0. The second-order valence-electron chi connectivity index (χ2n) is 3.78. The number of benzene rings is 1. The summed E-state index contributed by atoms with van der Waals surface area (Å²) in [6.45, 7) is 1.96. The van der Waals surface area contributed by atoms with Crippen molar-refractivity contribution in [1.29, 1.82) is 0 Å². The fraction of sp³-hybridized carbons (Fsp3) is 0.167. The van der Waals surface area contributed by atoms with E-state index in [-0.39, 0.29) is 11.6 Å². The van der Waals surface area contributed by atoms with E-state index >= 15 is 0 Å². The highest BCUT2D eigenvalue weighted by Crippen LogP contribution is 2.24. The summed E-state index contributed by atoms with van der Waals surface area (Å²) >= 11 is 5.81. The number of nitrogens with zero attached hydrogens (tertiary/aromatic N) is 1. The first kappa shape index (κ1) is 11.7. The molecule has 0 bridgehead atoms. The maximum atomic E-state index is 10.7. The Hall–Kier alpha value is -1.81. The van der Waals surface area contributed by atoms with Gasteiger partial charge in [-0.1, -0.05) is 30.7 Å². The van der Waals surface area contributed by atoms with Gasteiger partial charge in [-0.05, 0) is 23.8 Å². The quantitative estimate of drug-likeness (QED) is 0.880. The van der Waals surface area contributed by atoms with Crippen molar-refractivity contribution in [3.05, 3.63) is 52.3 Å². The Morgan fingerprint density at radius 3 is 2.59 bits per heavy atom. The average Bonchev–Trinajstić information content (AvgIpc) is 2.78. The summed E-state index contributed by atoms with van der Waals surface area (Å²) in [6, 6.07) is 8.96. The zero-order valence-corrected chi connectivity index (χ0v) is 9.90. The lowest BCUT2D eigenvalue weighted by Crippen LogP contribution is -1.96. The fourth-order valence-corrected chi connectivity index (χ4v) is 1.72. The maximum Gasteiger partial charge on any atom is 0.353 e. The Bertz CT molecular complexity index is 534. The smallest absolute Gasteiger partial charge is 0.353 e. The lowest BCUT2D eigenvalue weighted by Gasteiger charge is -2.08. The van der Waals surface area contributed by atoms with Crippen LogP contribution in [0.3, 0.4) is 0 Å². The van der Waals surface area contributed by atoms with Crippen LogP contribution in [0.4, 0.5) is 0 Å². The van der Waals surface area contributed by atoms with E-state index in [1.165, 1.54) is 0 Å². The minimum absolute atomic E-state index is 0.0246. The zero-order valence-electron chi connectivity index (χ0n) is 9.14. The van der Waals surface area contributed by atoms with E-state index in [0.29, 0.717) is 10.7 Å². The fourth-order valence-electron chi connectivity index (χ4n) is 1.59. The van der Waals surface area contributed by atoms with E-state index in [0.717, 1.165) is 5.56 Å². The number of nitrogens with one attached hydrogen (secondary N) is 1. The monoisotopic (exact) mass is 250 g/mol. The molecule has 17 heavy (non-hydrogen) atoms. The number of H-pyrrole nitrogens is 1. The molecule has 0 aliphatic carbocycles. The molecule has 1 atom stereocenters. The highest BCUT2D eigenvalue weighted by molar-refractivity contribution is 6.30. The van der Waals surface area contributed by atoms with Gasteiger partial charge in [-0.2, -0.15) is 5.10 Å². The third-order valence-electron chi connectivity index (χ3n) is 2.64. The van der Waals surface area contributed by atoms with Crippen LogP contribution in [0.1, 0.15) is 34.6 Å². The Morgan fingerprint density at radius 2 is 2.06 bits per heavy atom. The molecule has 0 saturated carbocycles. The molecule has 1 aromatic carbocycles. The highest BCUT2D eigenvalue weighted by Gasteiger charge is 2.14. The average molecular weight is 251 g/mol. The van der Waals surface area contributed by atoms with Gasteiger partial charge in [0.2, 0.25) is 0 Å². The van der Waals surface area contributed by atoms with Crippen LogP contribution in [0, 0.1) is 0 Å². The number of rotatable bonds is 3. The van der Waals surface area contributed by atoms with Gasteiger partial charge in [0.15, 0.2) is 0 Å². The van der Waals surface area contributed by atoms with Crippen LogP contribution >= 0.6 is 11.6 Å². The highest BCUT2D eigenvalue weighted by atomic mass is 35.5. The molecule has 2 rings (SSSR count). The van der Waals surface area contributed by atoms with E-state index < -0.39 is 5.97 Å². The molecule has 0 aliphatic rings. The van der Waals surface area contributed by atoms with Gasteiger partial charge in [-0.25, -0.2) is 4.79 Å². The van der Waals surface area contributed by atoms with Gasteiger partial charge in [0.25, 0.3) is 0 Å². The number of carboxylic acid groups (broad SMARTS) is 1. The Labute approximate surface area is 103 Å². The normalized spacial score (nSPS) is 12.4. The molecule has 1 aromatic heterocycles. The van der Waals surface area contributed by atoms with Gasteiger partial charge in [-0.3, -0.25) is 5.10 Å². The standard InChI is InChI=1S/C12H11ClN2O2/c1-7(8-2-4-9(13)5-3-8)10-6-11(12(16)17)15-14-10/h2-7H,1H3,(H,14,15)(H,16,17). The minimum atomic E-state index is -1.01. The topological polar surface area (TPSA) is 66.0 Å². The molecule has 2 N–H and O–H groups in total. The third kappa shape index (κ3) is 2.47. The number of carboxylic acids is 1. The molecule has 4 nitrogen and oxygen atoms in total. The number of aromatic nitrogens is 2. The van der Waals surface area contributed by atoms with Crippen LogP contribution in [0.25, 0.3) is 0 Å². The predicted octanol–water partition coefficient (Wildman–Crippen LogP) is 2.91. The molecule has 0 amide bonds. The van der Waals surface area contributed by atoms with Crippen molar-refractivity contribution < 1.29 is 9.90 Å².